The van der Waals surface area contributed by atoms with Gasteiger partial charge in [0, 0.05) is 45.7 Å². The molecule has 50 heavy (non-hydrogen) atoms. The number of carbonyl (C=O) groups is 2. The Morgan fingerprint density at radius 3 is 1.90 bits per heavy atom. The van der Waals surface area contributed by atoms with E-state index in [4.69, 9.17) is 0 Å². The summed E-state index contributed by atoms with van der Waals surface area (Å²) in [6.07, 6.45) is 3.95. The number of piperidine rings is 1. The van der Waals surface area contributed by atoms with Gasteiger partial charge in [0.15, 0.2) is 0 Å². The number of likely N-dealkylation sites (N-methyl/N-ethyl adjacent to an activating group) is 1. The van der Waals surface area contributed by atoms with Crippen LogP contribution in [-0.2, 0) is 25.8 Å². The van der Waals surface area contributed by atoms with Crippen molar-refractivity contribution in [1.82, 2.24) is 4.90 Å². The van der Waals surface area contributed by atoms with Crippen LogP contribution < -0.4 is 4.90 Å². The van der Waals surface area contributed by atoms with Crippen molar-refractivity contribution in [3.63, 3.8) is 0 Å². The Labute approximate surface area is 295 Å². The minimum Gasteiger partial charge on any atom is -0.313 e. The van der Waals surface area contributed by atoms with Crippen molar-refractivity contribution < 1.29 is 9.59 Å². The number of rotatable bonds is 3. The van der Waals surface area contributed by atoms with Gasteiger partial charge in [-0.25, -0.2) is 0 Å². The Bertz CT molecular complexity index is 2280. The van der Waals surface area contributed by atoms with E-state index in [1.54, 1.807) is 6.92 Å². The van der Waals surface area contributed by atoms with Gasteiger partial charge in [0.05, 0.1) is 11.8 Å². The third-order valence-corrected chi connectivity index (χ3v) is 12.2. The molecule has 8 rings (SSSR count). The molecule has 0 radical (unpaired) electrons. The van der Waals surface area contributed by atoms with E-state index in [1.165, 1.54) is 55.0 Å². The first kappa shape index (κ1) is 32.0. The highest BCUT2D eigenvalue weighted by Gasteiger charge is 2.46. The molecule has 2 heterocycles. The average molecular weight is 658 g/mol. The van der Waals surface area contributed by atoms with Crippen LogP contribution in [0.25, 0.3) is 22.3 Å². The lowest BCUT2D eigenvalue weighted by Crippen LogP contribution is -2.49. The first-order valence-corrected chi connectivity index (χ1v) is 17.8. The molecule has 5 heteroatoms. The van der Waals surface area contributed by atoms with Crippen molar-refractivity contribution in [3.8, 4) is 28.3 Å². The van der Waals surface area contributed by atoms with Crippen LogP contribution >= 0.6 is 0 Å². The number of fused-ring (bicyclic) bond motifs is 7. The van der Waals surface area contributed by atoms with Crippen molar-refractivity contribution in [2.45, 2.75) is 71.6 Å². The van der Waals surface area contributed by atoms with Crippen LogP contribution in [0.2, 0.25) is 0 Å². The van der Waals surface area contributed by atoms with Gasteiger partial charge in [-0.05, 0) is 87.3 Å². The molecule has 4 aromatic carbocycles. The van der Waals surface area contributed by atoms with Crippen molar-refractivity contribution in [2.75, 3.05) is 11.4 Å². The van der Waals surface area contributed by atoms with E-state index < -0.39 is 23.2 Å². The molecule has 5 nitrogen and oxygen atoms in total. The molecule has 0 spiro atoms. The molecule has 2 aliphatic heterocycles. The van der Waals surface area contributed by atoms with E-state index >= 15 is 0 Å². The number of likely N-dealkylation sites (tertiary alicyclic amines) is 1. The molecule has 0 bridgehead atoms. The maximum Gasteiger partial charge on any atom is 0.256 e. The number of amides is 2. The topological polar surface area (TPSA) is 64.4 Å². The molecule has 250 valence electrons. The number of benzene rings is 4. The highest BCUT2D eigenvalue weighted by molar-refractivity contribution is 6.09. The summed E-state index contributed by atoms with van der Waals surface area (Å²) in [5.41, 5.74) is 14.5. The van der Waals surface area contributed by atoms with Gasteiger partial charge in [0.2, 0.25) is 5.91 Å². The Balaban J connectivity index is 1.36. The monoisotopic (exact) mass is 657 g/mol. The molecular weight excluding hydrogens is 615 g/mol. The van der Waals surface area contributed by atoms with Crippen molar-refractivity contribution >= 4 is 23.2 Å². The van der Waals surface area contributed by atoms with Crippen LogP contribution in [-0.4, -0.2) is 23.3 Å². The Kier molecular flexibility index (Phi) is 6.82. The third kappa shape index (κ3) is 4.11. The fraction of sp³-hybridized carbons (Fsp3) is 0.311. The summed E-state index contributed by atoms with van der Waals surface area (Å²) < 4.78 is 0. The predicted octanol–water partition coefficient (Wildman–Crippen LogP) is 9.70. The van der Waals surface area contributed by atoms with E-state index in [2.05, 4.69) is 137 Å². The summed E-state index contributed by atoms with van der Waals surface area (Å²) in [6, 6.07) is 31.3. The molecule has 2 amide bonds. The SMILES string of the molecule is CCN1C(=O)/C(=C/C=C2/N(c3ccc4c(c3)C(C)(C)c3ccccc3-4)c3cc4c(cc3C2(C)C)-c2ccccc2C4(C)C)C(C)C(C#N)C1=O. The molecule has 1 fully saturated rings. The van der Waals surface area contributed by atoms with Crippen molar-refractivity contribution in [2.24, 2.45) is 11.8 Å². The van der Waals surface area contributed by atoms with Gasteiger partial charge in [-0.15, -0.1) is 0 Å². The number of nitrogens with zero attached hydrogens (tertiary/aromatic N) is 3. The van der Waals surface area contributed by atoms with Gasteiger partial charge >= 0.3 is 0 Å². The summed E-state index contributed by atoms with van der Waals surface area (Å²) in [7, 11) is 0. The van der Waals surface area contributed by atoms with Crippen LogP contribution in [0.1, 0.15) is 83.2 Å². The largest absolute Gasteiger partial charge is 0.313 e. The lowest BCUT2D eigenvalue weighted by molar-refractivity contribution is -0.148. The van der Waals surface area contributed by atoms with E-state index in [1.807, 2.05) is 13.0 Å². The van der Waals surface area contributed by atoms with Gasteiger partial charge in [-0.3, -0.25) is 14.5 Å². The molecule has 4 aliphatic rings. The smallest absolute Gasteiger partial charge is 0.256 e. The van der Waals surface area contributed by atoms with Crippen molar-refractivity contribution in [3.05, 3.63) is 130 Å². The van der Waals surface area contributed by atoms with E-state index in [-0.39, 0.29) is 23.3 Å². The molecular formula is C45H43N3O2. The average Bonchev–Trinajstić information content (AvgIpc) is 3.56. The van der Waals surface area contributed by atoms with Gasteiger partial charge in [0.1, 0.15) is 5.92 Å². The van der Waals surface area contributed by atoms with E-state index in [9.17, 15) is 14.9 Å². The van der Waals surface area contributed by atoms with Gasteiger partial charge in [-0.2, -0.15) is 5.26 Å². The van der Waals surface area contributed by atoms with Crippen LogP contribution in [0.5, 0.6) is 0 Å². The second kappa shape index (κ2) is 10.6. The lowest BCUT2D eigenvalue weighted by atomic mass is 9.79. The van der Waals surface area contributed by atoms with E-state index in [0.717, 1.165) is 17.1 Å². The Morgan fingerprint density at radius 2 is 1.28 bits per heavy atom. The standard InChI is InChI=1S/C45H43N3O2/c1-9-47-41(49)28(26(2)33(25-46)42(47)50)20-21-40-45(7,8)38-23-32-30-15-11-13-17-35(30)44(5,6)37(32)24-39(38)48(40)27-18-19-31-29-14-10-12-16-34(29)43(3,4)36(31)22-27/h10-24,26,33H,9H2,1-8H3/b28-20+,40-21+. The fourth-order valence-corrected chi connectivity index (χ4v) is 9.23. The zero-order chi connectivity index (χ0) is 35.5. The lowest BCUT2D eigenvalue weighted by Gasteiger charge is -2.33. The van der Waals surface area contributed by atoms with E-state index in [0.29, 0.717) is 5.57 Å². The first-order valence-electron chi connectivity index (χ1n) is 17.8. The Morgan fingerprint density at radius 1 is 0.700 bits per heavy atom. The summed E-state index contributed by atoms with van der Waals surface area (Å²) >= 11 is 0. The van der Waals surface area contributed by atoms with Crippen LogP contribution in [0.15, 0.2) is 102 Å². The molecule has 2 atom stereocenters. The summed E-state index contributed by atoms with van der Waals surface area (Å²) in [5.74, 6) is -2.14. The number of anilines is 2. The molecule has 2 aliphatic carbocycles. The minimum atomic E-state index is -0.895. The zero-order valence-electron chi connectivity index (χ0n) is 30.2. The van der Waals surface area contributed by atoms with Gasteiger partial charge in [-0.1, -0.05) is 109 Å². The minimum absolute atomic E-state index is 0.167. The maximum absolute atomic E-state index is 13.7. The number of carbonyl (C=O) groups excluding carboxylic acids is 2. The second-order valence-corrected chi connectivity index (χ2v) is 15.9. The van der Waals surface area contributed by atoms with Gasteiger partial charge in [0.25, 0.3) is 5.91 Å². The van der Waals surface area contributed by atoms with Gasteiger partial charge < -0.3 is 4.90 Å². The first-order chi connectivity index (χ1) is 23.7. The molecule has 4 aromatic rings. The summed E-state index contributed by atoms with van der Waals surface area (Å²) in [4.78, 5) is 30.3. The van der Waals surface area contributed by atoms with Crippen molar-refractivity contribution in [1.29, 1.82) is 5.26 Å². The van der Waals surface area contributed by atoms with Crippen LogP contribution in [0.3, 0.4) is 0 Å². The molecule has 0 N–H and O–H groups in total. The highest BCUT2D eigenvalue weighted by Crippen LogP contribution is 2.58. The van der Waals surface area contributed by atoms with Crippen LogP contribution in [0.4, 0.5) is 11.4 Å². The number of nitriles is 1. The third-order valence-electron chi connectivity index (χ3n) is 12.2. The molecule has 0 saturated carbocycles. The normalized spacial score (nSPS) is 23.4. The number of hydrogen-bond donors (Lipinski definition) is 0. The van der Waals surface area contributed by atoms with Crippen LogP contribution in [0, 0.1) is 23.2 Å². The molecule has 2 unspecified atom stereocenters. The highest BCUT2D eigenvalue weighted by atomic mass is 16.2. The molecule has 1 saturated heterocycles. The number of hydrogen-bond acceptors (Lipinski definition) is 4. The predicted molar refractivity (Wildman–Crippen MR) is 200 cm³/mol. The second-order valence-electron chi connectivity index (χ2n) is 15.9. The quantitative estimate of drug-likeness (QED) is 0.163. The number of imide groups is 1. The number of allylic oxidation sites excluding steroid dienone is 3. The summed E-state index contributed by atoms with van der Waals surface area (Å²) in [5, 5.41) is 9.94. The maximum atomic E-state index is 13.7. The Hall–Kier alpha value is -5.21. The summed E-state index contributed by atoms with van der Waals surface area (Å²) in [6.45, 7) is 17.6. The molecule has 0 aromatic heterocycles. The fourth-order valence-electron chi connectivity index (χ4n) is 9.23. The zero-order valence-corrected chi connectivity index (χ0v) is 30.2.